The second-order valence-electron chi connectivity index (χ2n) is 9.73. The van der Waals surface area contributed by atoms with Gasteiger partial charge < -0.3 is 0 Å². The van der Waals surface area contributed by atoms with Gasteiger partial charge in [-0.15, -0.1) is 0 Å². The molecule has 0 unspecified atom stereocenters. The summed E-state index contributed by atoms with van der Waals surface area (Å²) < 4.78 is 1.74. The smallest absolute Gasteiger partial charge is 0.255 e. The van der Waals surface area contributed by atoms with Gasteiger partial charge in [0.05, 0.1) is 17.4 Å². The molecule has 3 aromatic heterocycles. The van der Waals surface area contributed by atoms with Crippen LogP contribution in [0.1, 0.15) is 55.1 Å². The van der Waals surface area contributed by atoms with E-state index in [-0.39, 0.29) is 5.56 Å². The van der Waals surface area contributed by atoms with Crippen LogP contribution in [0.3, 0.4) is 0 Å². The Morgan fingerprint density at radius 3 is 2.33 bits per heavy atom. The van der Waals surface area contributed by atoms with Gasteiger partial charge in [0.2, 0.25) is 0 Å². The number of nitrogens with zero attached hydrogens (tertiary/aromatic N) is 4. The van der Waals surface area contributed by atoms with Crippen LogP contribution in [0.25, 0.3) is 16.6 Å². The number of fused-ring (bicyclic) bond motifs is 1. The molecule has 2 aliphatic carbocycles. The van der Waals surface area contributed by atoms with Crippen LogP contribution in [0, 0.1) is 11.8 Å². The van der Waals surface area contributed by atoms with Gasteiger partial charge in [-0.3, -0.25) is 14.3 Å². The number of hydrogen-bond donors (Lipinski definition) is 0. The highest BCUT2D eigenvalue weighted by atomic mass is 16.1. The summed E-state index contributed by atoms with van der Waals surface area (Å²) in [6.45, 7) is 0. The van der Waals surface area contributed by atoms with E-state index in [0.717, 1.165) is 41.0 Å². The first-order valence-electron chi connectivity index (χ1n) is 12.1. The number of benzene rings is 1. The van der Waals surface area contributed by atoms with Crippen molar-refractivity contribution in [1.29, 1.82) is 0 Å². The van der Waals surface area contributed by atoms with Crippen LogP contribution in [0.15, 0.2) is 71.9 Å². The van der Waals surface area contributed by atoms with E-state index in [1.807, 2.05) is 55.0 Å². The minimum absolute atomic E-state index is 0.0331. The molecule has 2 fully saturated rings. The molecule has 4 aromatic rings. The molecule has 166 valence electrons. The molecule has 0 N–H and O–H groups in total. The average Bonchev–Trinajstić information content (AvgIpc) is 3.61. The molecule has 0 spiro atoms. The van der Waals surface area contributed by atoms with E-state index < -0.39 is 0 Å². The Balaban J connectivity index is 1.11. The van der Waals surface area contributed by atoms with Crippen molar-refractivity contribution in [3.63, 3.8) is 0 Å². The fourth-order valence-corrected chi connectivity index (χ4v) is 5.32. The molecule has 0 aliphatic heterocycles. The Labute approximate surface area is 193 Å². The topological polar surface area (TPSA) is 60.7 Å². The first-order chi connectivity index (χ1) is 16.2. The van der Waals surface area contributed by atoms with Crippen molar-refractivity contribution in [3.8, 4) is 5.69 Å². The van der Waals surface area contributed by atoms with Gasteiger partial charge in [0.15, 0.2) is 0 Å². The maximum Gasteiger partial charge on any atom is 0.255 e. The zero-order valence-corrected chi connectivity index (χ0v) is 18.7. The minimum Gasteiger partial charge on any atom is -0.275 e. The second-order valence-corrected chi connectivity index (χ2v) is 9.73. The van der Waals surface area contributed by atoms with Crippen LogP contribution in [0.4, 0.5) is 0 Å². The molecular weight excluding hydrogens is 408 g/mol. The summed E-state index contributed by atoms with van der Waals surface area (Å²) >= 11 is 0. The second kappa shape index (κ2) is 8.54. The number of para-hydroxylation sites is 1. The van der Waals surface area contributed by atoms with Gasteiger partial charge in [0.1, 0.15) is 5.82 Å². The molecule has 2 saturated carbocycles. The van der Waals surface area contributed by atoms with Crippen LogP contribution in [-0.2, 0) is 12.8 Å². The van der Waals surface area contributed by atoms with Crippen molar-refractivity contribution in [2.75, 3.05) is 0 Å². The van der Waals surface area contributed by atoms with Crippen molar-refractivity contribution in [2.24, 2.45) is 11.8 Å². The van der Waals surface area contributed by atoms with Gasteiger partial charge in [-0.05, 0) is 91.5 Å². The van der Waals surface area contributed by atoms with Gasteiger partial charge in [-0.25, -0.2) is 9.97 Å². The third-order valence-corrected chi connectivity index (χ3v) is 7.26. The lowest BCUT2D eigenvalue weighted by Gasteiger charge is -2.13. The highest BCUT2D eigenvalue weighted by Gasteiger charge is 2.27. The van der Waals surface area contributed by atoms with E-state index in [1.54, 1.807) is 10.6 Å². The summed E-state index contributed by atoms with van der Waals surface area (Å²) in [5.41, 5.74) is 4.10. The van der Waals surface area contributed by atoms with Crippen molar-refractivity contribution < 1.29 is 0 Å². The van der Waals surface area contributed by atoms with Crippen LogP contribution in [-0.4, -0.2) is 19.5 Å². The van der Waals surface area contributed by atoms with Crippen LogP contribution < -0.4 is 5.56 Å². The maximum atomic E-state index is 12.6. The summed E-state index contributed by atoms with van der Waals surface area (Å²) in [5.74, 6) is 3.02. The van der Waals surface area contributed by atoms with E-state index >= 15 is 0 Å². The Bertz CT molecular complexity index is 1320. The zero-order valence-electron chi connectivity index (χ0n) is 18.7. The molecule has 0 amide bonds. The molecular formula is C28H28N4O. The van der Waals surface area contributed by atoms with Crippen molar-refractivity contribution >= 4 is 10.9 Å². The van der Waals surface area contributed by atoms with Gasteiger partial charge in [0, 0.05) is 30.6 Å². The van der Waals surface area contributed by atoms with Crippen molar-refractivity contribution in [3.05, 3.63) is 94.6 Å². The fraction of sp³-hybridized carbons (Fsp3) is 0.357. The first-order valence-corrected chi connectivity index (χ1v) is 12.1. The Morgan fingerprint density at radius 2 is 1.58 bits per heavy atom. The Hall–Kier alpha value is -3.34. The minimum atomic E-state index is -0.0331. The standard InChI is InChI=1S/C28H28N4O/c33-28-12-9-22-3-1-2-4-26(22)32(28)25-11-10-24(29-18-25)14-19-5-6-20(13-19)15-27-30-16-23(17-31-27)21-7-8-21/h1-4,9-12,16-21H,5-8,13-15H2/t19-,20-/m0/s1. The molecule has 5 nitrogen and oxygen atoms in total. The number of hydrogen-bond acceptors (Lipinski definition) is 4. The first kappa shape index (κ1) is 20.3. The van der Waals surface area contributed by atoms with E-state index in [9.17, 15) is 4.79 Å². The van der Waals surface area contributed by atoms with E-state index in [2.05, 4.69) is 16.0 Å². The van der Waals surface area contributed by atoms with Gasteiger partial charge in [-0.1, -0.05) is 18.2 Å². The largest absolute Gasteiger partial charge is 0.275 e. The number of aromatic nitrogens is 4. The Morgan fingerprint density at radius 1 is 0.788 bits per heavy atom. The van der Waals surface area contributed by atoms with Gasteiger partial charge in [-0.2, -0.15) is 0 Å². The van der Waals surface area contributed by atoms with E-state index in [4.69, 9.17) is 4.98 Å². The van der Waals surface area contributed by atoms with Gasteiger partial charge >= 0.3 is 0 Å². The summed E-state index contributed by atoms with van der Waals surface area (Å²) in [7, 11) is 0. The lowest BCUT2D eigenvalue weighted by atomic mass is 9.97. The molecule has 2 atom stereocenters. The monoisotopic (exact) mass is 436 g/mol. The lowest BCUT2D eigenvalue weighted by Crippen LogP contribution is -2.17. The van der Waals surface area contributed by atoms with Crippen LogP contribution >= 0.6 is 0 Å². The summed E-state index contributed by atoms with van der Waals surface area (Å²) in [5, 5.41) is 1.05. The van der Waals surface area contributed by atoms with Crippen molar-refractivity contribution in [1.82, 2.24) is 19.5 Å². The number of pyridine rings is 2. The van der Waals surface area contributed by atoms with Crippen molar-refractivity contribution in [2.45, 2.75) is 50.9 Å². The third kappa shape index (κ3) is 4.32. The summed E-state index contributed by atoms with van der Waals surface area (Å²) in [6, 6.07) is 15.6. The molecule has 0 bridgehead atoms. The van der Waals surface area contributed by atoms with Gasteiger partial charge in [0.25, 0.3) is 5.56 Å². The predicted octanol–water partition coefficient (Wildman–Crippen LogP) is 5.25. The average molecular weight is 437 g/mol. The van der Waals surface area contributed by atoms with E-state index in [1.165, 1.54) is 37.7 Å². The zero-order chi connectivity index (χ0) is 22.2. The summed E-state index contributed by atoms with van der Waals surface area (Å²) in [4.78, 5) is 26.5. The lowest BCUT2D eigenvalue weighted by molar-refractivity contribution is 0.476. The highest BCUT2D eigenvalue weighted by Crippen LogP contribution is 2.39. The molecule has 5 heteroatoms. The fourth-order valence-electron chi connectivity index (χ4n) is 5.32. The number of rotatable bonds is 6. The molecule has 6 rings (SSSR count). The third-order valence-electron chi connectivity index (χ3n) is 7.26. The SMILES string of the molecule is O=c1ccc2ccccc2n1-c1ccc(C[C@H]2CC[C@H](Cc3ncc(C4CC4)cn3)C2)nc1. The normalized spacial score (nSPS) is 20.4. The quantitative estimate of drug-likeness (QED) is 0.414. The van der Waals surface area contributed by atoms with Crippen LogP contribution in [0.5, 0.6) is 0 Å². The molecule has 1 aromatic carbocycles. The molecule has 0 saturated heterocycles. The van der Waals surface area contributed by atoms with Crippen LogP contribution in [0.2, 0.25) is 0 Å². The highest BCUT2D eigenvalue weighted by molar-refractivity contribution is 5.80. The molecule has 2 aliphatic rings. The Kier molecular flexibility index (Phi) is 5.25. The predicted molar refractivity (Wildman–Crippen MR) is 130 cm³/mol. The molecule has 0 radical (unpaired) electrons. The molecule has 3 heterocycles. The molecule has 33 heavy (non-hydrogen) atoms. The summed E-state index contributed by atoms with van der Waals surface area (Å²) in [6.07, 6.45) is 14.2. The maximum absolute atomic E-state index is 12.6. The van der Waals surface area contributed by atoms with E-state index in [0.29, 0.717) is 17.8 Å².